The van der Waals surface area contributed by atoms with Crippen LogP contribution in [0.3, 0.4) is 0 Å². The number of hydrogen-bond acceptors (Lipinski definition) is 3. The van der Waals surface area contributed by atoms with Crippen LogP contribution in [0.25, 0.3) is 0 Å². The third-order valence-corrected chi connectivity index (χ3v) is 4.85. The molecule has 2 aliphatic carbocycles. The van der Waals surface area contributed by atoms with E-state index in [1.165, 1.54) is 12.8 Å². The number of rotatable bonds is 5. The van der Waals surface area contributed by atoms with Gasteiger partial charge < -0.3 is 20.5 Å². The van der Waals surface area contributed by atoms with Gasteiger partial charge in [0.15, 0.2) is 0 Å². The predicted molar refractivity (Wildman–Crippen MR) is 94.3 cm³/mol. The molecule has 0 saturated heterocycles. The standard InChI is InChI=1S/C19H26N2O3/c1-13-17(7-4-8-18(13)24-16-5-2-3-6-16)21-19(23)20-15-10-9-14(11-15)12-22/h4,7-10,14-16,22H,2-3,5-6,11-12H2,1H3,(H2,20,21,23)/t14-,15+/m0/s1. The summed E-state index contributed by atoms with van der Waals surface area (Å²) >= 11 is 0. The second kappa shape index (κ2) is 7.71. The van der Waals surface area contributed by atoms with Crippen LogP contribution in [-0.4, -0.2) is 29.9 Å². The molecule has 1 saturated carbocycles. The van der Waals surface area contributed by atoms with Gasteiger partial charge in [-0.1, -0.05) is 18.2 Å². The maximum absolute atomic E-state index is 12.2. The molecule has 1 aromatic rings. The number of carbonyl (C=O) groups is 1. The maximum atomic E-state index is 12.2. The lowest BCUT2D eigenvalue weighted by atomic mass is 10.1. The van der Waals surface area contributed by atoms with Gasteiger partial charge in [-0.2, -0.15) is 0 Å². The van der Waals surface area contributed by atoms with Crippen LogP contribution in [0.4, 0.5) is 10.5 Å². The van der Waals surface area contributed by atoms with Crippen molar-refractivity contribution in [3.8, 4) is 5.75 Å². The Balaban J connectivity index is 1.58. The first kappa shape index (κ1) is 16.8. The zero-order chi connectivity index (χ0) is 16.9. The second-order valence-corrected chi connectivity index (χ2v) is 6.72. The van der Waals surface area contributed by atoms with Gasteiger partial charge in [-0.15, -0.1) is 0 Å². The Bertz CT molecular complexity index is 609. The summed E-state index contributed by atoms with van der Waals surface area (Å²) in [6.07, 6.45) is 9.61. The van der Waals surface area contributed by atoms with E-state index in [0.717, 1.165) is 36.3 Å². The molecule has 0 heterocycles. The average Bonchev–Trinajstić information content (AvgIpc) is 3.23. The van der Waals surface area contributed by atoms with Crippen molar-refractivity contribution >= 4 is 11.7 Å². The fraction of sp³-hybridized carbons (Fsp3) is 0.526. The van der Waals surface area contributed by atoms with Gasteiger partial charge in [0.25, 0.3) is 0 Å². The van der Waals surface area contributed by atoms with Gasteiger partial charge in [-0.3, -0.25) is 0 Å². The van der Waals surface area contributed by atoms with E-state index in [2.05, 4.69) is 10.6 Å². The van der Waals surface area contributed by atoms with Crippen molar-refractivity contribution in [3.05, 3.63) is 35.9 Å². The van der Waals surface area contributed by atoms with Crippen LogP contribution in [0.2, 0.25) is 0 Å². The summed E-state index contributed by atoms with van der Waals surface area (Å²) in [5.41, 5.74) is 1.72. The molecule has 1 aromatic carbocycles. The van der Waals surface area contributed by atoms with E-state index in [9.17, 15) is 4.79 Å². The summed E-state index contributed by atoms with van der Waals surface area (Å²) in [4.78, 5) is 12.2. The molecule has 0 radical (unpaired) electrons. The van der Waals surface area contributed by atoms with E-state index in [4.69, 9.17) is 9.84 Å². The topological polar surface area (TPSA) is 70.6 Å². The molecule has 1 fully saturated rings. The highest BCUT2D eigenvalue weighted by atomic mass is 16.5. The molecule has 0 aromatic heterocycles. The molecule has 130 valence electrons. The minimum Gasteiger partial charge on any atom is -0.490 e. The molecule has 3 rings (SSSR count). The van der Waals surface area contributed by atoms with Gasteiger partial charge in [-0.05, 0) is 51.2 Å². The second-order valence-electron chi connectivity index (χ2n) is 6.72. The van der Waals surface area contributed by atoms with Crippen molar-refractivity contribution in [3.63, 3.8) is 0 Å². The van der Waals surface area contributed by atoms with Gasteiger partial charge in [0.1, 0.15) is 5.75 Å². The quantitative estimate of drug-likeness (QED) is 0.725. The van der Waals surface area contributed by atoms with Gasteiger partial charge in [0, 0.05) is 29.8 Å². The van der Waals surface area contributed by atoms with Crippen LogP contribution in [0.15, 0.2) is 30.4 Å². The first-order valence-corrected chi connectivity index (χ1v) is 8.78. The fourth-order valence-electron chi connectivity index (χ4n) is 3.41. The Morgan fingerprint density at radius 1 is 1.29 bits per heavy atom. The third kappa shape index (κ3) is 4.09. The minimum atomic E-state index is -0.232. The van der Waals surface area contributed by atoms with Crippen LogP contribution in [-0.2, 0) is 0 Å². The number of aliphatic hydroxyl groups excluding tert-OH is 1. The number of benzene rings is 1. The highest BCUT2D eigenvalue weighted by Crippen LogP contribution is 2.30. The smallest absolute Gasteiger partial charge is 0.319 e. The summed E-state index contributed by atoms with van der Waals surface area (Å²) in [5.74, 6) is 0.987. The highest BCUT2D eigenvalue weighted by molar-refractivity contribution is 5.90. The molecule has 3 N–H and O–H groups in total. The van der Waals surface area contributed by atoms with Gasteiger partial charge >= 0.3 is 6.03 Å². The largest absolute Gasteiger partial charge is 0.490 e. The lowest BCUT2D eigenvalue weighted by molar-refractivity contribution is 0.209. The molecule has 0 aliphatic heterocycles. The molecule has 0 bridgehead atoms. The molecule has 5 heteroatoms. The maximum Gasteiger partial charge on any atom is 0.319 e. The van der Waals surface area contributed by atoms with E-state index < -0.39 is 0 Å². The molecule has 24 heavy (non-hydrogen) atoms. The summed E-state index contributed by atoms with van der Waals surface area (Å²) in [6.45, 7) is 2.09. The van der Waals surface area contributed by atoms with Crippen LogP contribution in [0.5, 0.6) is 5.75 Å². The zero-order valence-electron chi connectivity index (χ0n) is 14.1. The van der Waals surface area contributed by atoms with Crippen molar-refractivity contribution in [2.24, 2.45) is 5.92 Å². The van der Waals surface area contributed by atoms with E-state index in [1.54, 1.807) is 0 Å². The van der Waals surface area contributed by atoms with Crippen molar-refractivity contribution in [1.29, 1.82) is 0 Å². The number of amides is 2. The predicted octanol–water partition coefficient (Wildman–Crippen LogP) is 3.37. The average molecular weight is 330 g/mol. The Kier molecular flexibility index (Phi) is 5.41. The molecule has 2 aliphatic rings. The number of anilines is 1. The first-order chi connectivity index (χ1) is 11.7. The number of urea groups is 1. The zero-order valence-corrected chi connectivity index (χ0v) is 14.1. The van der Waals surface area contributed by atoms with Crippen molar-refractivity contribution in [2.45, 2.75) is 51.2 Å². The Morgan fingerprint density at radius 3 is 2.79 bits per heavy atom. The van der Waals surface area contributed by atoms with Crippen molar-refractivity contribution in [2.75, 3.05) is 11.9 Å². The number of ether oxygens (including phenoxy) is 1. The molecule has 0 unspecified atom stereocenters. The summed E-state index contributed by atoms with van der Waals surface area (Å²) < 4.78 is 6.08. The minimum absolute atomic E-state index is 0.0274. The van der Waals surface area contributed by atoms with E-state index in [1.807, 2.05) is 37.3 Å². The molecule has 5 nitrogen and oxygen atoms in total. The van der Waals surface area contributed by atoms with E-state index in [-0.39, 0.29) is 24.6 Å². The SMILES string of the molecule is Cc1c(NC(=O)N[C@@H]2C=C[C@H](CO)C2)cccc1OC1CCCC1. The first-order valence-electron chi connectivity index (χ1n) is 8.78. The number of hydrogen-bond donors (Lipinski definition) is 3. The Hall–Kier alpha value is -2.01. The number of carbonyl (C=O) groups excluding carboxylic acids is 1. The Morgan fingerprint density at radius 2 is 2.08 bits per heavy atom. The van der Waals surface area contributed by atoms with E-state index in [0.29, 0.717) is 6.10 Å². The molecule has 2 atom stereocenters. The van der Waals surface area contributed by atoms with Crippen molar-refractivity contribution < 1.29 is 14.6 Å². The van der Waals surface area contributed by atoms with Crippen LogP contribution in [0, 0.1) is 12.8 Å². The fourth-order valence-corrected chi connectivity index (χ4v) is 3.41. The monoisotopic (exact) mass is 330 g/mol. The normalized spacial score (nSPS) is 23.4. The van der Waals surface area contributed by atoms with Crippen LogP contribution < -0.4 is 15.4 Å². The lowest BCUT2D eigenvalue weighted by Crippen LogP contribution is -2.36. The lowest BCUT2D eigenvalue weighted by Gasteiger charge is -2.18. The Labute approximate surface area is 143 Å². The number of nitrogens with one attached hydrogen (secondary N) is 2. The van der Waals surface area contributed by atoms with E-state index >= 15 is 0 Å². The van der Waals surface area contributed by atoms with Gasteiger partial charge in [0.05, 0.1) is 6.10 Å². The van der Waals surface area contributed by atoms with Gasteiger partial charge in [-0.25, -0.2) is 4.79 Å². The highest BCUT2D eigenvalue weighted by Gasteiger charge is 2.21. The van der Waals surface area contributed by atoms with Crippen LogP contribution >= 0.6 is 0 Å². The summed E-state index contributed by atoms with van der Waals surface area (Å²) in [6, 6.07) is 5.49. The summed E-state index contributed by atoms with van der Waals surface area (Å²) in [5, 5.41) is 15.0. The molecule has 0 spiro atoms. The number of aliphatic hydroxyl groups is 1. The third-order valence-electron chi connectivity index (χ3n) is 4.85. The summed E-state index contributed by atoms with van der Waals surface area (Å²) in [7, 11) is 0. The van der Waals surface area contributed by atoms with Gasteiger partial charge in [0.2, 0.25) is 0 Å². The molecular weight excluding hydrogens is 304 g/mol. The molecule has 2 amide bonds. The van der Waals surface area contributed by atoms with Crippen LogP contribution in [0.1, 0.15) is 37.7 Å². The van der Waals surface area contributed by atoms with Crippen molar-refractivity contribution in [1.82, 2.24) is 5.32 Å². The molecular formula is C19H26N2O3.